The molecule has 1 heterocycles. The Morgan fingerprint density at radius 2 is 1.76 bits per heavy atom. The van der Waals surface area contributed by atoms with Gasteiger partial charge in [0.2, 0.25) is 11.8 Å². The number of nitrogens with one attached hydrogen (secondary N) is 2. The summed E-state index contributed by atoms with van der Waals surface area (Å²) < 4.78 is 11.0. The van der Waals surface area contributed by atoms with Gasteiger partial charge in [0.25, 0.3) is 0 Å². The van der Waals surface area contributed by atoms with Gasteiger partial charge < -0.3 is 20.1 Å². The number of hydrogen-bond acceptors (Lipinski definition) is 5. The van der Waals surface area contributed by atoms with Gasteiger partial charge in [-0.2, -0.15) is 0 Å². The maximum absolute atomic E-state index is 11.9. The Morgan fingerprint density at radius 1 is 1.04 bits per heavy atom. The van der Waals surface area contributed by atoms with Crippen LogP contribution in [0.4, 0.5) is 0 Å². The second kappa shape index (κ2) is 8.99. The Hall–Kier alpha value is -1.89. The van der Waals surface area contributed by atoms with Gasteiger partial charge in [-0.25, -0.2) is 0 Å². The van der Waals surface area contributed by atoms with Crippen molar-refractivity contribution in [3.63, 3.8) is 0 Å². The summed E-state index contributed by atoms with van der Waals surface area (Å²) in [6.45, 7) is 2.06. The molecule has 1 aliphatic heterocycles. The molecule has 1 aliphatic carbocycles. The van der Waals surface area contributed by atoms with E-state index in [-0.39, 0.29) is 17.7 Å². The second-order valence-electron chi connectivity index (χ2n) is 6.22. The highest BCUT2D eigenvalue weighted by molar-refractivity contribution is 8.00. The van der Waals surface area contributed by atoms with E-state index in [1.54, 1.807) is 0 Å². The molecule has 6 nitrogen and oxygen atoms in total. The monoisotopic (exact) mass is 364 g/mol. The Morgan fingerprint density at radius 3 is 2.56 bits per heavy atom. The third kappa shape index (κ3) is 5.29. The molecule has 0 aromatic heterocycles. The van der Waals surface area contributed by atoms with Crippen LogP contribution in [0, 0.1) is 5.92 Å². The molecule has 1 fully saturated rings. The molecule has 2 aliphatic rings. The van der Waals surface area contributed by atoms with E-state index in [9.17, 15) is 9.59 Å². The van der Waals surface area contributed by atoms with Gasteiger partial charge in [-0.15, -0.1) is 11.8 Å². The van der Waals surface area contributed by atoms with Crippen molar-refractivity contribution in [2.45, 2.75) is 30.6 Å². The summed E-state index contributed by atoms with van der Waals surface area (Å²) in [6, 6.07) is 5.69. The van der Waals surface area contributed by atoms with Crippen LogP contribution in [0.5, 0.6) is 11.5 Å². The summed E-state index contributed by atoms with van der Waals surface area (Å²) in [5.74, 6) is 2.05. The van der Waals surface area contributed by atoms with E-state index in [4.69, 9.17) is 9.47 Å². The van der Waals surface area contributed by atoms with Crippen LogP contribution in [-0.4, -0.2) is 43.9 Å². The molecular formula is C18H24N2O4S. The van der Waals surface area contributed by atoms with Gasteiger partial charge in [-0.1, -0.05) is 12.8 Å². The summed E-state index contributed by atoms with van der Waals surface area (Å²) in [5.41, 5.74) is 0. The molecule has 136 valence electrons. The summed E-state index contributed by atoms with van der Waals surface area (Å²) in [7, 11) is 0. The predicted octanol–water partition coefficient (Wildman–Crippen LogP) is 1.97. The van der Waals surface area contributed by atoms with Crippen LogP contribution in [-0.2, 0) is 9.59 Å². The van der Waals surface area contributed by atoms with Crippen molar-refractivity contribution in [3.8, 4) is 11.5 Å². The maximum Gasteiger partial charge on any atom is 0.230 e. The van der Waals surface area contributed by atoms with E-state index < -0.39 is 0 Å². The molecule has 0 spiro atoms. The third-order valence-electron chi connectivity index (χ3n) is 4.36. The van der Waals surface area contributed by atoms with Crippen LogP contribution < -0.4 is 20.1 Å². The Labute approximate surface area is 152 Å². The zero-order valence-corrected chi connectivity index (χ0v) is 15.0. The third-order valence-corrected chi connectivity index (χ3v) is 5.35. The molecule has 25 heavy (non-hydrogen) atoms. The number of ether oxygens (including phenoxy) is 2. The fraction of sp³-hybridized carbons (Fsp3) is 0.556. The van der Waals surface area contributed by atoms with Crippen molar-refractivity contribution >= 4 is 23.6 Å². The normalized spacial score (nSPS) is 16.5. The molecule has 1 saturated carbocycles. The van der Waals surface area contributed by atoms with Gasteiger partial charge in [0.05, 0.1) is 5.75 Å². The molecule has 2 N–H and O–H groups in total. The quantitative estimate of drug-likeness (QED) is 0.571. The minimum atomic E-state index is -0.0463. The number of fused-ring (bicyclic) bond motifs is 1. The van der Waals surface area contributed by atoms with Crippen LogP contribution in [0.3, 0.4) is 0 Å². The van der Waals surface area contributed by atoms with E-state index in [2.05, 4.69) is 10.6 Å². The Balaban J connectivity index is 1.32. The zero-order chi connectivity index (χ0) is 17.5. The molecule has 2 amide bonds. The Kier molecular flexibility index (Phi) is 6.44. The standard InChI is InChI=1S/C18H24N2O4S/c21-17(19-7-8-20-18(22)13-3-1-2-4-13)12-25-14-5-6-15-16(11-14)24-10-9-23-15/h5-6,11,13H,1-4,7-10,12H2,(H,19,21)(H,20,22). The number of rotatable bonds is 7. The lowest BCUT2D eigenvalue weighted by Gasteiger charge is -2.18. The van der Waals surface area contributed by atoms with Crippen molar-refractivity contribution < 1.29 is 19.1 Å². The first-order valence-corrected chi connectivity index (χ1v) is 9.78. The summed E-state index contributed by atoms with van der Waals surface area (Å²) in [5, 5.41) is 5.73. The van der Waals surface area contributed by atoms with Gasteiger partial charge in [0.15, 0.2) is 11.5 Å². The van der Waals surface area contributed by atoms with Crippen molar-refractivity contribution in [2.24, 2.45) is 5.92 Å². The highest BCUT2D eigenvalue weighted by atomic mass is 32.2. The van der Waals surface area contributed by atoms with E-state index in [0.717, 1.165) is 42.1 Å². The van der Waals surface area contributed by atoms with Gasteiger partial charge in [-0.3, -0.25) is 9.59 Å². The summed E-state index contributed by atoms with van der Waals surface area (Å²) >= 11 is 1.45. The van der Waals surface area contributed by atoms with Gasteiger partial charge in [-0.05, 0) is 31.0 Å². The lowest BCUT2D eigenvalue weighted by atomic mass is 10.1. The van der Waals surface area contributed by atoms with Crippen molar-refractivity contribution in [1.82, 2.24) is 10.6 Å². The van der Waals surface area contributed by atoms with E-state index in [1.807, 2.05) is 18.2 Å². The highest BCUT2D eigenvalue weighted by Crippen LogP contribution is 2.34. The largest absolute Gasteiger partial charge is 0.486 e. The highest BCUT2D eigenvalue weighted by Gasteiger charge is 2.21. The van der Waals surface area contributed by atoms with E-state index >= 15 is 0 Å². The second-order valence-corrected chi connectivity index (χ2v) is 7.27. The van der Waals surface area contributed by atoms with Crippen LogP contribution >= 0.6 is 11.8 Å². The lowest BCUT2D eigenvalue weighted by molar-refractivity contribution is -0.125. The topological polar surface area (TPSA) is 76.7 Å². The maximum atomic E-state index is 11.9. The molecule has 0 atom stereocenters. The molecule has 0 bridgehead atoms. The first-order chi connectivity index (χ1) is 12.2. The van der Waals surface area contributed by atoms with Crippen LogP contribution in [0.15, 0.2) is 23.1 Å². The number of hydrogen-bond donors (Lipinski definition) is 2. The van der Waals surface area contributed by atoms with Gasteiger partial charge in [0.1, 0.15) is 13.2 Å². The van der Waals surface area contributed by atoms with Crippen molar-refractivity contribution in [3.05, 3.63) is 18.2 Å². The molecule has 1 aromatic carbocycles. The van der Waals surface area contributed by atoms with Crippen LogP contribution in [0.1, 0.15) is 25.7 Å². The zero-order valence-electron chi connectivity index (χ0n) is 14.2. The molecular weight excluding hydrogens is 340 g/mol. The fourth-order valence-electron chi connectivity index (χ4n) is 3.03. The first kappa shape index (κ1) is 17.9. The molecule has 3 rings (SSSR count). The van der Waals surface area contributed by atoms with Crippen LogP contribution in [0.2, 0.25) is 0 Å². The fourth-order valence-corrected chi connectivity index (χ4v) is 3.79. The number of amides is 2. The number of benzene rings is 1. The number of carbonyl (C=O) groups excluding carboxylic acids is 2. The predicted molar refractivity (Wildman–Crippen MR) is 96.1 cm³/mol. The Bertz CT molecular complexity index is 617. The minimum absolute atomic E-state index is 0.0463. The number of thioether (sulfide) groups is 1. The average Bonchev–Trinajstić information content (AvgIpc) is 3.18. The van der Waals surface area contributed by atoms with Gasteiger partial charge in [0, 0.05) is 23.9 Å². The molecule has 1 aromatic rings. The molecule has 0 radical (unpaired) electrons. The SMILES string of the molecule is O=C(CSc1ccc2c(c1)OCCO2)NCCNC(=O)C1CCCC1. The summed E-state index contributed by atoms with van der Waals surface area (Å²) in [4.78, 5) is 24.7. The molecule has 0 unspecified atom stereocenters. The molecule has 7 heteroatoms. The van der Waals surface area contributed by atoms with E-state index in [0.29, 0.717) is 32.1 Å². The van der Waals surface area contributed by atoms with Crippen molar-refractivity contribution in [2.75, 3.05) is 32.1 Å². The van der Waals surface area contributed by atoms with E-state index in [1.165, 1.54) is 11.8 Å². The molecule has 0 saturated heterocycles. The average molecular weight is 364 g/mol. The smallest absolute Gasteiger partial charge is 0.230 e. The van der Waals surface area contributed by atoms with Crippen LogP contribution in [0.25, 0.3) is 0 Å². The number of carbonyl (C=O) groups is 2. The van der Waals surface area contributed by atoms with Gasteiger partial charge >= 0.3 is 0 Å². The first-order valence-electron chi connectivity index (χ1n) is 8.79. The summed E-state index contributed by atoms with van der Waals surface area (Å²) in [6.07, 6.45) is 4.27. The minimum Gasteiger partial charge on any atom is -0.486 e. The van der Waals surface area contributed by atoms with Crippen molar-refractivity contribution in [1.29, 1.82) is 0 Å². The lowest BCUT2D eigenvalue weighted by Crippen LogP contribution is -2.37.